The molecule has 0 aliphatic rings. The van der Waals surface area contributed by atoms with E-state index in [-0.39, 0.29) is 11.3 Å². The number of carbonyl (C=O) groups excluding carboxylic acids is 1. The number of pyridine rings is 1. The van der Waals surface area contributed by atoms with Gasteiger partial charge in [-0.1, -0.05) is 32.9 Å². The van der Waals surface area contributed by atoms with Crippen molar-refractivity contribution in [2.45, 2.75) is 26.2 Å². The molecule has 2 aromatic rings. The summed E-state index contributed by atoms with van der Waals surface area (Å²) in [6, 6.07) is 9.49. The van der Waals surface area contributed by atoms with E-state index in [4.69, 9.17) is 0 Å². The van der Waals surface area contributed by atoms with Gasteiger partial charge < -0.3 is 10.6 Å². The number of rotatable bonds is 3. The minimum absolute atomic E-state index is 0.0327. The molecule has 2 N–H and O–H groups in total. The maximum absolute atomic E-state index is 11.9. The third kappa shape index (κ3) is 3.60. The molecule has 4 heteroatoms. The van der Waals surface area contributed by atoms with Crippen LogP contribution in [0, 0.1) is 0 Å². The van der Waals surface area contributed by atoms with Gasteiger partial charge in [-0.25, -0.2) is 0 Å². The number of nitrogens with zero attached hydrogens (tertiary/aromatic N) is 1. The van der Waals surface area contributed by atoms with Crippen molar-refractivity contribution in [2.75, 3.05) is 12.4 Å². The second-order valence-corrected chi connectivity index (χ2v) is 5.96. The molecular formula is C17H21N3O. The summed E-state index contributed by atoms with van der Waals surface area (Å²) in [7, 11) is 1.63. The first-order valence-corrected chi connectivity index (χ1v) is 6.95. The van der Waals surface area contributed by atoms with Crippen LogP contribution >= 0.6 is 0 Å². The lowest BCUT2D eigenvalue weighted by atomic mass is 9.88. The second-order valence-electron chi connectivity index (χ2n) is 5.96. The molecule has 1 aromatic carbocycles. The summed E-state index contributed by atoms with van der Waals surface area (Å²) in [5, 5.41) is 5.93. The van der Waals surface area contributed by atoms with Crippen molar-refractivity contribution < 1.29 is 4.79 Å². The Kier molecular flexibility index (Phi) is 4.26. The van der Waals surface area contributed by atoms with Crippen LogP contribution in [0.4, 0.5) is 11.4 Å². The summed E-state index contributed by atoms with van der Waals surface area (Å²) in [5.74, 6) is -0.113. The Balaban J connectivity index is 2.33. The van der Waals surface area contributed by atoms with Crippen molar-refractivity contribution in [1.29, 1.82) is 0 Å². The quantitative estimate of drug-likeness (QED) is 0.906. The predicted octanol–water partition coefficient (Wildman–Crippen LogP) is 3.48. The first kappa shape index (κ1) is 15.0. The van der Waals surface area contributed by atoms with Crippen molar-refractivity contribution in [3.05, 3.63) is 53.9 Å². The third-order valence-electron chi connectivity index (χ3n) is 3.28. The van der Waals surface area contributed by atoms with Gasteiger partial charge in [0.25, 0.3) is 5.91 Å². The van der Waals surface area contributed by atoms with E-state index in [1.807, 2.05) is 24.4 Å². The van der Waals surface area contributed by atoms with Gasteiger partial charge in [-0.3, -0.25) is 9.78 Å². The maximum Gasteiger partial charge on any atom is 0.253 e. The maximum atomic E-state index is 11.9. The van der Waals surface area contributed by atoms with Gasteiger partial charge in [0.2, 0.25) is 0 Å². The summed E-state index contributed by atoms with van der Waals surface area (Å²) < 4.78 is 0. The molecule has 0 saturated heterocycles. The van der Waals surface area contributed by atoms with Crippen molar-refractivity contribution in [1.82, 2.24) is 10.3 Å². The lowest BCUT2D eigenvalue weighted by molar-refractivity contribution is 0.0964. The number of hydrogen-bond donors (Lipinski definition) is 2. The molecule has 1 amide bonds. The van der Waals surface area contributed by atoms with Crippen LogP contribution in [0.1, 0.15) is 36.7 Å². The summed E-state index contributed by atoms with van der Waals surface area (Å²) in [6.45, 7) is 6.44. The van der Waals surface area contributed by atoms with Crippen LogP contribution in [0.2, 0.25) is 0 Å². The number of hydrogen-bond acceptors (Lipinski definition) is 3. The van der Waals surface area contributed by atoms with Gasteiger partial charge in [0, 0.05) is 13.2 Å². The average molecular weight is 283 g/mol. The molecular weight excluding hydrogens is 262 g/mol. The van der Waals surface area contributed by atoms with E-state index in [0.29, 0.717) is 5.56 Å². The number of anilines is 2. The fraction of sp³-hybridized carbons (Fsp3) is 0.294. The van der Waals surface area contributed by atoms with Gasteiger partial charge in [-0.2, -0.15) is 0 Å². The van der Waals surface area contributed by atoms with Crippen LogP contribution in [0.15, 0.2) is 42.7 Å². The minimum atomic E-state index is -0.113. The van der Waals surface area contributed by atoms with Crippen LogP contribution in [0.3, 0.4) is 0 Å². The second kappa shape index (κ2) is 5.95. The van der Waals surface area contributed by atoms with E-state index in [1.165, 1.54) is 0 Å². The molecule has 0 unspecified atom stereocenters. The van der Waals surface area contributed by atoms with Crippen molar-refractivity contribution in [3.8, 4) is 0 Å². The molecule has 0 saturated carbocycles. The Morgan fingerprint density at radius 3 is 2.52 bits per heavy atom. The van der Waals surface area contributed by atoms with E-state index < -0.39 is 0 Å². The summed E-state index contributed by atoms with van der Waals surface area (Å²) in [5.41, 5.74) is 3.43. The largest absolute Gasteiger partial charge is 0.355 e. The molecule has 110 valence electrons. The van der Waals surface area contributed by atoms with Crippen LogP contribution in [-0.2, 0) is 5.41 Å². The number of benzene rings is 1. The molecule has 0 bridgehead atoms. The lowest BCUT2D eigenvalue weighted by Crippen LogP contribution is -2.19. The molecule has 0 aliphatic carbocycles. The smallest absolute Gasteiger partial charge is 0.253 e. The van der Waals surface area contributed by atoms with Gasteiger partial charge in [-0.05, 0) is 29.2 Å². The third-order valence-corrected chi connectivity index (χ3v) is 3.28. The van der Waals surface area contributed by atoms with E-state index in [1.54, 1.807) is 19.3 Å². The molecule has 1 aromatic heterocycles. The number of para-hydroxylation sites is 1. The Labute approximate surface area is 125 Å². The van der Waals surface area contributed by atoms with Gasteiger partial charge in [-0.15, -0.1) is 0 Å². The predicted molar refractivity (Wildman–Crippen MR) is 86.1 cm³/mol. The summed E-state index contributed by atoms with van der Waals surface area (Å²) >= 11 is 0. The topological polar surface area (TPSA) is 54.0 Å². The zero-order valence-electron chi connectivity index (χ0n) is 12.9. The summed E-state index contributed by atoms with van der Waals surface area (Å²) in [6.07, 6.45) is 3.63. The highest BCUT2D eigenvalue weighted by Gasteiger charge is 2.15. The van der Waals surface area contributed by atoms with Crippen LogP contribution < -0.4 is 10.6 Å². The first-order valence-electron chi connectivity index (χ1n) is 6.95. The van der Waals surface area contributed by atoms with Gasteiger partial charge in [0.15, 0.2) is 0 Å². The summed E-state index contributed by atoms with van der Waals surface area (Å²) in [4.78, 5) is 16.2. The SMILES string of the molecule is CNC(=O)c1ccccc1Nc1cncc(C(C)(C)C)c1. The van der Waals surface area contributed by atoms with Crippen LogP contribution in [0.5, 0.6) is 0 Å². The van der Waals surface area contributed by atoms with E-state index in [0.717, 1.165) is 16.9 Å². The van der Waals surface area contributed by atoms with Crippen molar-refractivity contribution >= 4 is 17.3 Å². The number of aromatic nitrogens is 1. The molecule has 2 rings (SSSR count). The van der Waals surface area contributed by atoms with E-state index >= 15 is 0 Å². The fourth-order valence-corrected chi connectivity index (χ4v) is 2.00. The highest BCUT2D eigenvalue weighted by molar-refractivity contribution is 6.00. The first-order chi connectivity index (χ1) is 9.91. The number of carbonyl (C=O) groups is 1. The molecule has 0 aliphatic heterocycles. The Morgan fingerprint density at radius 2 is 1.86 bits per heavy atom. The van der Waals surface area contributed by atoms with E-state index in [2.05, 4.69) is 42.5 Å². The highest BCUT2D eigenvalue weighted by Crippen LogP contribution is 2.26. The Hall–Kier alpha value is -2.36. The molecule has 21 heavy (non-hydrogen) atoms. The Bertz CT molecular complexity index is 644. The zero-order chi connectivity index (χ0) is 15.5. The monoisotopic (exact) mass is 283 g/mol. The van der Waals surface area contributed by atoms with Crippen LogP contribution in [-0.4, -0.2) is 17.9 Å². The molecule has 1 heterocycles. The lowest BCUT2D eigenvalue weighted by Gasteiger charge is -2.19. The molecule has 0 radical (unpaired) electrons. The van der Waals surface area contributed by atoms with E-state index in [9.17, 15) is 4.79 Å². The molecule has 0 spiro atoms. The minimum Gasteiger partial charge on any atom is -0.355 e. The standard InChI is InChI=1S/C17H21N3O/c1-17(2,3)12-9-13(11-19-10-12)20-15-8-6-5-7-14(15)16(21)18-4/h5-11,20H,1-4H3,(H,18,21). The molecule has 4 nitrogen and oxygen atoms in total. The normalized spacial score (nSPS) is 11.0. The van der Waals surface area contributed by atoms with Crippen molar-refractivity contribution in [2.24, 2.45) is 0 Å². The zero-order valence-corrected chi connectivity index (χ0v) is 12.9. The fourth-order valence-electron chi connectivity index (χ4n) is 2.00. The van der Waals surface area contributed by atoms with Crippen molar-refractivity contribution in [3.63, 3.8) is 0 Å². The average Bonchev–Trinajstić information content (AvgIpc) is 2.46. The highest BCUT2D eigenvalue weighted by atomic mass is 16.1. The number of amides is 1. The van der Waals surface area contributed by atoms with Gasteiger partial charge in [0.1, 0.15) is 0 Å². The van der Waals surface area contributed by atoms with Crippen LogP contribution in [0.25, 0.3) is 0 Å². The van der Waals surface area contributed by atoms with Gasteiger partial charge >= 0.3 is 0 Å². The Morgan fingerprint density at radius 1 is 1.14 bits per heavy atom. The van der Waals surface area contributed by atoms with Gasteiger partial charge in [0.05, 0.1) is 23.1 Å². The molecule has 0 fully saturated rings. The number of nitrogens with one attached hydrogen (secondary N) is 2. The molecule has 0 atom stereocenters.